The van der Waals surface area contributed by atoms with Crippen molar-refractivity contribution in [2.45, 2.75) is 19.8 Å². The van der Waals surface area contributed by atoms with Crippen LogP contribution in [0.3, 0.4) is 0 Å². The molecule has 0 atom stereocenters. The number of likely N-dealkylation sites (tertiary alicyclic amines) is 1. The highest BCUT2D eigenvalue weighted by Gasteiger charge is 2.17. The molecule has 15 heavy (non-hydrogen) atoms. The van der Waals surface area contributed by atoms with Crippen LogP contribution in [0.1, 0.15) is 19.8 Å². The van der Waals surface area contributed by atoms with Crippen molar-refractivity contribution < 1.29 is 0 Å². The lowest BCUT2D eigenvalue weighted by Crippen LogP contribution is -2.32. The third-order valence-electron chi connectivity index (χ3n) is 2.99. The van der Waals surface area contributed by atoms with Crippen LogP contribution in [-0.2, 0) is 0 Å². The average Bonchev–Trinajstić information content (AvgIpc) is 2.28. The number of allylic oxidation sites excluding steroid dienone is 3. The van der Waals surface area contributed by atoms with Crippen molar-refractivity contribution in [1.29, 1.82) is 0 Å². The molecule has 0 bridgehead atoms. The van der Waals surface area contributed by atoms with Crippen molar-refractivity contribution in [1.82, 2.24) is 4.90 Å². The second-order valence-electron chi connectivity index (χ2n) is 4.03. The quantitative estimate of drug-likeness (QED) is 0.499. The van der Waals surface area contributed by atoms with Crippen LogP contribution < -0.4 is 0 Å². The minimum atomic E-state index is 0.684. The van der Waals surface area contributed by atoms with Gasteiger partial charge in [-0.3, -0.25) is 0 Å². The molecule has 0 amide bonds. The SMILES string of the molecule is C=CC1CCN(C(=C)C(=C)/C=C/C)CC1. The number of nitrogens with zero attached hydrogens (tertiary/aromatic N) is 1. The Morgan fingerprint density at radius 2 is 1.87 bits per heavy atom. The van der Waals surface area contributed by atoms with Gasteiger partial charge in [0.05, 0.1) is 0 Å². The van der Waals surface area contributed by atoms with Crippen LogP contribution >= 0.6 is 0 Å². The Bertz CT molecular complexity index is 278. The van der Waals surface area contributed by atoms with Gasteiger partial charge in [-0.1, -0.05) is 31.4 Å². The van der Waals surface area contributed by atoms with Gasteiger partial charge in [-0.25, -0.2) is 0 Å². The monoisotopic (exact) mass is 203 g/mol. The first-order valence-electron chi connectivity index (χ1n) is 5.57. The molecule has 1 aliphatic rings. The van der Waals surface area contributed by atoms with Gasteiger partial charge in [0.1, 0.15) is 0 Å². The maximum absolute atomic E-state index is 4.10. The van der Waals surface area contributed by atoms with E-state index in [1.807, 2.05) is 19.1 Å². The lowest BCUT2D eigenvalue weighted by Gasteiger charge is -2.33. The number of piperidine rings is 1. The summed E-state index contributed by atoms with van der Waals surface area (Å²) >= 11 is 0. The summed E-state index contributed by atoms with van der Waals surface area (Å²) in [5, 5.41) is 0. The van der Waals surface area contributed by atoms with Crippen molar-refractivity contribution in [2.24, 2.45) is 5.92 Å². The second-order valence-corrected chi connectivity index (χ2v) is 4.03. The van der Waals surface area contributed by atoms with Crippen molar-refractivity contribution in [3.05, 3.63) is 49.2 Å². The van der Waals surface area contributed by atoms with Crippen LogP contribution in [0.15, 0.2) is 49.2 Å². The average molecular weight is 203 g/mol. The van der Waals surface area contributed by atoms with Crippen LogP contribution in [0, 0.1) is 5.92 Å². The Kier molecular flexibility index (Phi) is 4.41. The fourth-order valence-electron chi connectivity index (χ4n) is 1.91. The molecule has 1 saturated heterocycles. The first kappa shape index (κ1) is 11.8. The van der Waals surface area contributed by atoms with Gasteiger partial charge in [0.15, 0.2) is 0 Å². The Hall–Kier alpha value is -1.24. The Balaban J connectivity index is 2.49. The van der Waals surface area contributed by atoms with Gasteiger partial charge in [-0.2, -0.15) is 0 Å². The number of rotatable bonds is 4. The normalized spacial score (nSPS) is 18.1. The molecular formula is C14H21N. The van der Waals surface area contributed by atoms with Crippen LogP contribution in [0.2, 0.25) is 0 Å². The maximum Gasteiger partial charge on any atom is 0.0360 e. The largest absolute Gasteiger partial charge is 0.372 e. The first-order valence-corrected chi connectivity index (χ1v) is 5.57. The molecule has 0 spiro atoms. The molecule has 0 unspecified atom stereocenters. The van der Waals surface area contributed by atoms with Crippen molar-refractivity contribution >= 4 is 0 Å². The van der Waals surface area contributed by atoms with Crippen molar-refractivity contribution in [2.75, 3.05) is 13.1 Å². The summed E-state index contributed by atoms with van der Waals surface area (Å²) in [6.45, 7) is 16.1. The van der Waals surface area contributed by atoms with E-state index in [1.54, 1.807) is 0 Å². The predicted molar refractivity (Wildman–Crippen MR) is 67.6 cm³/mol. The van der Waals surface area contributed by atoms with Crippen LogP contribution in [-0.4, -0.2) is 18.0 Å². The molecule has 0 N–H and O–H groups in total. The van der Waals surface area contributed by atoms with Crippen LogP contribution in [0.4, 0.5) is 0 Å². The smallest absolute Gasteiger partial charge is 0.0360 e. The van der Waals surface area contributed by atoms with E-state index in [9.17, 15) is 0 Å². The molecule has 1 rings (SSSR count). The fraction of sp³-hybridized carbons (Fsp3) is 0.429. The molecule has 0 aromatic heterocycles. The minimum absolute atomic E-state index is 0.684. The van der Waals surface area contributed by atoms with E-state index in [4.69, 9.17) is 0 Å². The molecule has 1 nitrogen and oxygen atoms in total. The summed E-state index contributed by atoms with van der Waals surface area (Å²) in [6.07, 6.45) is 8.46. The second kappa shape index (κ2) is 5.59. The third kappa shape index (κ3) is 3.12. The highest BCUT2D eigenvalue weighted by atomic mass is 15.1. The topological polar surface area (TPSA) is 3.24 Å². The number of hydrogen-bond acceptors (Lipinski definition) is 1. The van der Waals surface area contributed by atoms with Gasteiger partial charge in [0.2, 0.25) is 0 Å². The summed E-state index contributed by atoms with van der Waals surface area (Å²) in [6, 6.07) is 0. The molecule has 0 aliphatic carbocycles. The highest BCUT2D eigenvalue weighted by molar-refractivity contribution is 5.34. The lowest BCUT2D eigenvalue weighted by molar-refractivity contribution is 0.257. The minimum Gasteiger partial charge on any atom is -0.372 e. The standard InChI is InChI=1S/C14H21N/c1-5-7-12(3)13(4)15-10-8-14(6-2)9-11-15/h5-7,14H,2-4,8-11H2,1H3/b7-5+. The molecule has 0 saturated carbocycles. The van der Waals surface area contributed by atoms with Gasteiger partial charge in [-0.15, -0.1) is 6.58 Å². The van der Waals surface area contributed by atoms with E-state index in [1.165, 1.54) is 12.8 Å². The zero-order chi connectivity index (χ0) is 11.3. The van der Waals surface area contributed by atoms with E-state index in [-0.39, 0.29) is 0 Å². The van der Waals surface area contributed by atoms with Gasteiger partial charge in [0, 0.05) is 18.8 Å². The highest BCUT2D eigenvalue weighted by Crippen LogP contribution is 2.23. The van der Waals surface area contributed by atoms with Gasteiger partial charge < -0.3 is 4.90 Å². The first-order chi connectivity index (χ1) is 7.19. The van der Waals surface area contributed by atoms with E-state index < -0.39 is 0 Å². The molecule has 0 radical (unpaired) electrons. The Morgan fingerprint density at radius 1 is 1.27 bits per heavy atom. The van der Waals surface area contributed by atoms with E-state index in [0.717, 1.165) is 24.4 Å². The van der Waals surface area contributed by atoms with Crippen LogP contribution in [0.5, 0.6) is 0 Å². The van der Waals surface area contributed by atoms with E-state index in [0.29, 0.717) is 5.92 Å². The summed E-state index contributed by atoms with van der Waals surface area (Å²) in [7, 11) is 0. The summed E-state index contributed by atoms with van der Waals surface area (Å²) in [5.74, 6) is 0.684. The van der Waals surface area contributed by atoms with E-state index in [2.05, 4.69) is 30.7 Å². The molecule has 1 aliphatic heterocycles. The lowest BCUT2D eigenvalue weighted by atomic mass is 9.96. The molecule has 0 aromatic rings. The Morgan fingerprint density at radius 3 is 2.33 bits per heavy atom. The zero-order valence-corrected chi connectivity index (χ0v) is 9.71. The zero-order valence-electron chi connectivity index (χ0n) is 9.71. The molecule has 1 fully saturated rings. The third-order valence-corrected chi connectivity index (χ3v) is 2.99. The summed E-state index contributed by atoms with van der Waals surface area (Å²) < 4.78 is 0. The molecule has 1 heteroatoms. The molecule has 82 valence electrons. The van der Waals surface area contributed by atoms with Crippen molar-refractivity contribution in [3.63, 3.8) is 0 Å². The maximum atomic E-state index is 4.10. The molecular weight excluding hydrogens is 182 g/mol. The number of hydrogen-bond donors (Lipinski definition) is 0. The van der Waals surface area contributed by atoms with Crippen LogP contribution in [0.25, 0.3) is 0 Å². The fourth-order valence-corrected chi connectivity index (χ4v) is 1.91. The van der Waals surface area contributed by atoms with Crippen molar-refractivity contribution in [3.8, 4) is 0 Å². The predicted octanol–water partition coefficient (Wildman–Crippen LogP) is 3.53. The van der Waals surface area contributed by atoms with Gasteiger partial charge in [-0.05, 0) is 31.3 Å². The summed E-state index contributed by atoms with van der Waals surface area (Å²) in [4.78, 5) is 2.32. The Labute approximate surface area is 93.5 Å². The van der Waals surface area contributed by atoms with Gasteiger partial charge >= 0.3 is 0 Å². The molecule has 1 heterocycles. The van der Waals surface area contributed by atoms with Gasteiger partial charge in [0.25, 0.3) is 0 Å². The molecule has 0 aromatic carbocycles. The summed E-state index contributed by atoms with van der Waals surface area (Å²) in [5.41, 5.74) is 2.09. The van der Waals surface area contributed by atoms with E-state index >= 15 is 0 Å².